The molecule has 0 aromatic carbocycles. The van der Waals surface area contributed by atoms with E-state index in [1.54, 1.807) is 11.3 Å². The molecule has 1 aliphatic carbocycles. The van der Waals surface area contributed by atoms with E-state index in [0.29, 0.717) is 5.41 Å². The Kier molecular flexibility index (Phi) is 3.87. The Hall–Kier alpha value is -0.870. The molecule has 2 heterocycles. The number of fused-ring (bicyclic) bond motifs is 1. The maximum Gasteiger partial charge on any atom is 0.194 e. The van der Waals surface area contributed by atoms with E-state index in [4.69, 9.17) is 0 Å². The highest BCUT2D eigenvalue weighted by Gasteiger charge is 2.31. The van der Waals surface area contributed by atoms with Gasteiger partial charge in [-0.05, 0) is 38.5 Å². The molecular weight excluding hydrogens is 266 g/mol. The first-order chi connectivity index (χ1) is 9.63. The Bertz CT molecular complexity index is 590. The minimum absolute atomic E-state index is 0.558. The van der Waals surface area contributed by atoms with E-state index in [0.717, 1.165) is 18.1 Å². The summed E-state index contributed by atoms with van der Waals surface area (Å²) in [4.78, 5) is 7.12. The van der Waals surface area contributed by atoms with Crippen LogP contribution >= 0.6 is 11.3 Å². The molecule has 2 aromatic rings. The van der Waals surface area contributed by atoms with Gasteiger partial charge in [0, 0.05) is 24.2 Å². The molecular formula is C16H25N3S. The molecule has 1 saturated carbocycles. The second-order valence-corrected chi connectivity index (χ2v) is 7.52. The van der Waals surface area contributed by atoms with Crippen LogP contribution in [0.3, 0.4) is 0 Å². The molecule has 0 aliphatic heterocycles. The molecule has 1 aliphatic rings. The van der Waals surface area contributed by atoms with Crippen LogP contribution in [0.2, 0.25) is 0 Å². The van der Waals surface area contributed by atoms with Gasteiger partial charge in [0.25, 0.3) is 0 Å². The summed E-state index contributed by atoms with van der Waals surface area (Å²) in [5.74, 6) is 0. The molecule has 3 rings (SSSR count). The van der Waals surface area contributed by atoms with Gasteiger partial charge in [-0.3, -0.25) is 4.40 Å². The molecule has 0 atom stereocenters. The van der Waals surface area contributed by atoms with E-state index in [2.05, 4.69) is 41.7 Å². The molecule has 0 amide bonds. The van der Waals surface area contributed by atoms with Gasteiger partial charge in [0.15, 0.2) is 4.96 Å². The van der Waals surface area contributed by atoms with Crippen molar-refractivity contribution >= 4 is 16.3 Å². The average molecular weight is 291 g/mol. The third-order valence-electron chi connectivity index (χ3n) is 4.95. The van der Waals surface area contributed by atoms with Crippen molar-refractivity contribution in [3.63, 3.8) is 0 Å². The van der Waals surface area contributed by atoms with Gasteiger partial charge in [0.05, 0.1) is 11.4 Å². The number of nitrogens with one attached hydrogen (secondary N) is 1. The molecule has 3 nitrogen and oxygen atoms in total. The maximum absolute atomic E-state index is 4.66. The van der Waals surface area contributed by atoms with Crippen molar-refractivity contribution < 1.29 is 0 Å². The Morgan fingerprint density at radius 1 is 1.35 bits per heavy atom. The van der Waals surface area contributed by atoms with Crippen LogP contribution < -0.4 is 5.32 Å². The molecule has 4 heteroatoms. The van der Waals surface area contributed by atoms with Crippen LogP contribution in [-0.4, -0.2) is 15.9 Å². The van der Waals surface area contributed by atoms with Crippen molar-refractivity contribution in [3.8, 4) is 0 Å². The maximum atomic E-state index is 4.66. The predicted molar refractivity (Wildman–Crippen MR) is 85.4 cm³/mol. The fourth-order valence-electron chi connectivity index (χ4n) is 3.55. The number of aryl methyl sites for hydroxylation is 2. The van der Waals surface area contributed by atoms with Crippen LogP contribution in [0.15, 0.2) is 6.20 Å². The fourth-order valence-corrected chi connectivity index (χ4v) is 4.44. The average Bonchev–Trinajstić information content (AvgIpc) is 3.08. The summed E-state index contributed by atoms with van der Waals surface area (Å²) in [6.07, 6.45) is 9.13. The molecule has 1 fully saturated rings. The third kappa shape index (κ3) is 2.51. The Morgan fingerprint density at radius 2 is 2.10 bits per heavy atom. The topological polar surface area (TPSA) is 29.3 Å². The Morgan fingerprint density at radius 3 is 2.80 bits per heavy atom. The molecule has 0 unspecified atom stereocenters. The van der Waals surface area contributed by atoms with Crippen molar-refractivity contribution in [2.45, 2.75) is 59.4 Å². The van der Waals surface area contributed by atoms with Crippen LogP contribution in [-0.2, 0) is 6.54 Å². The second-order valence-electron chi connectivity index (χ2n) is 6.30. The first-order valence-corrected chi connectivity index (χ1v) is 8.60. The van der Waals surface area contributed by atoms with Crippen molar-refractivity contribution in [3.05, 3.63) is 22.5 Å². The summed E-state index contributed by atoms with van der Waals surface area (Å²) in [7, 11) is 0. The standard InChI is InChI=1S/C16H25N3S/c1-4-16(7-5-6-8-16)11-17-9-14-13(3)18-15-19(14)10-12(2)20-15/h10,17H,4-9,11H2,1-3H3. The summed E-state index contributed by atoms with van der Waals surface area (Å²) in [6.45, 7) is 8.70. The van der Waals surface area contributed by atoms with Gasteiger partial charge in [0.1, 0.15) is 0 Å². The van der Waals surface area contributed by atoms with Crippen molar-refractivity contribution in [2.75, 3.05) is 6.54 Å². The largest absolute Gasteiger partial charge is 0.311 e. The number of imidazole rings is 1. The highest BCUT2D eigenvalue weighted by Crippen LogP contribution is 2.40. The third-order valence-corrected chi connectivity index (χ3v) is 5.85. The zero-order valence-corrected chi connectivity index (χ0v) is 13.6. The quantitative estimate of drug-likeness (QED) is 0.899. The molecule has 110 valence electrons. The minimum Gasteiger partial charge on any atom is -0.311 e. The predicted octanol–water partition coefficient (Wildman–Crippen LogP) is 4.07. The number of rotatable bonds is 5. The number of nitrogens with zero attached hydrogens (tertiary/aromatic N) is 2. The van der Waals surface area contributed by atoms with Gasteiger partial charge < -0.3 is 5.32 Å². The van der Waals surface area contributed by atoms with Gasteiger partial charge in [-0.25, -0.2) is 4.98 Å². The molecule has 0 radical (unpaired) electrons. The van der Waals surface area contributed by atoms with E-state index in [9.17, 15) is 0 Å². The Labute approximate surface area is 125 Å². The lowest BCUT2D eigenvalue weighted by molar-refractivity contribution is 0.267. The first kappa shape index (κ1) is 14.1. The van der Waals surface area contributed by atoms with Crippen molar-refractivity contribution in [1.29, 1.82) is 0 Å². The number of hydrogen-bond donors (Lipinski definition) is 1. The minimum atomic E-state index is 0.558. The van der Waals surface area contributed by atoms with Gasteiger partial charge in [0.2, 0.25) is 0 Å². The molecule has 0 spiro atoms. The summed E-state index contributed by atoms with van der Waals surface area (Å²) in [5, 5.41) is 3.71. The lowest BCUT2D eigenvalue weighted by Gasteiger charge is -2.27. The van der Waals surface area contributed by atoms with Crippen LogP contribution in [0.5, 0.6) is 0 Å². The molecule has 2 aromatic heterocycles. The first-order valence-electron chi connectivity index (χ1n) is 7.78. The second kappa shape index (κ2) is 5.49. The number of hydrogen-bond acceptors (Lipinski definition) is 3. The lowest BCUT2D eigenvalue weighted by atomic mass is 9.83. The van der Waals surface area contributed by atoms with Gasteiger partial charge >= 0.3 is 0 Å². The van der Waals surface area contributed by atoms with Crippen LogP contribution in [0.1, 0.15) is 55.3 Å². The van der Waals surface area contributed by atoms with Gasteiger partial charge in [-0.1, -0.05) is 19.8 Å². The highest BCUT2D eigenvalue weighted by atomic mass is 32.1. The zero-order valence-electron chi connectivity index (χ0n) is 12.8. The van der Waals surface area contributed by atoms with Crippen LogP contribution in [0, 0.1) is 19.3 Å². The summed E-state index contributed by atoms with van der Waals surface area (Å²) in [6, 6.07) is 0. The van der Waals surface area contributed by atoms with Crippen LogP contribution in [0.4, 0.5) is 0 Å². The molecule has 0 saturated heterocycles. The molecule has 1 N–H and O–H groups in total. The Balaban J connectivity index is 1.69. The monoisotopic (exact) mass is 291 g/mol. The van der Waals surface area contributed by atoms with Crippen LogP contribution in [0.25, 0.3) is 4.96 Å². The summed E-state index contributed by atoms with van der Waals surface area (Å²) >= 11 is 1.77. The smallest absolute Gasteiger partial charge is 0.194 e. The van der Waals surface area contributed by atoms with E-state index < -0.39 is 0 Å². The number of aromatic nitrogens is 2. The van der Waals surface area contributed by atoms with E-state index in [-0.39, 0.29) is 0 Å². The fraction of sp³-hybridized carbons (Fsp3) is 0.688. The molecule has 0 bridgehead atoms. The lowest BCUT2D eigenvalue weighted by Crippen LogP contribution is -2.31. The zero-order chi connectivity index (χ0) is 14.2. The normalized spacial score (nSPS) is 18.1. The summed E-state index contributed by atoms with van der Waals surface area (Å²) < 4.78 is 2.26. The number of thiazole rings is 1. The molecule has 20 heavy (non-hydrogen) atoms. The van der Waals surface area contributed by atoms with Gasteiger partial charge in [-0.15, -0.1) is 11.3 Å². The van der Waals surface area contributed by atoms with E-state index in [1.807, 2.05) is 0 Å². The SMILES string of the molecule is CCC1(CNCc2c(C)nc3sc(C)cn23)CCCC1. The van der Waals surface area contributed by atoms with E-state index >= 15 is 0 Å². The van der Waals surface area contributed by atoms with Gasteiger partial charge in [-0.2, -0.15) is 0 Å². The summed E-state index contributed by atoms with van der Waals surface area (Å²) in [5.41, 5.74) is 3.05. The van der Waals surface area contributed by atoms with Crippen molar-refractivity contribution in [1.82, 2.24) is 14.7 Å². The van der Waals surface area contributed by atoms with Crippen molar-refractivity contribution in [2.24, 2.45) is 5.41 Å². The highest BCUT2D eigenvalue weighted by molar-refractivity contribution is 7.17. The van der Waals surface area contributed by atoms with E-state index in [1.165, 1.54) is 48.4 Å².